The Bertz CT molecular complexity index is 984. The van der Waals surface area contributed by atoms with E-state index in [0.717, 1.165) is 9.87 Å². The molecule has 28 heavy (non-hydrogen) atoms. The van der Waals surface area contributed by atoms with Crippen molar-refractivity contribution in [3.05, 3.63) is 60.2 Å². The van der Waals surface area contributed by atoms with Crippen LogP contribution in [0.4, 0.5) is 5.69 Å². The van der Waals surface area contributed by atoms with Gasteiger partial charge in [-0.3, -0.25) is 10.1 Å². The molecule has 0 aliphatic heterocycles. The van der Waals surface area contributed by atoms with Gasteiger partial charge in [-0.25, -0.2) is 12.7 Å². The zero-order chi connectivity index (χ0) is 20.7. The normalized spacial score (nSPS) is 11.4. The molecule has 1 amide bonds. The number of rotatable bonds is 6. The molecule has 0 atom stereocenters. The number of carbonyl (C=O) groups is 1. The fraction of sp³-hybridized carbons (Fsp3) is 0.158. The number of ether oxygens (including phenoxy) is 1. The first-order valence-electron chi connectivity index (χ1n) is 8.19. The Balaban J connectivity index is 1.96. The lowest BCUT2D eigenvalue weighted by Crippen LogP contribution is -2.32. The van der Waals surface area contributed by atoms with E-state index in [9.17, 15) is 13.2 Å². The number of nitrogens with one attached hydrogen (secondary N) is 2. The molecule has 0 fully saturated rings. The minimum absolute atomic E-state index is 0.0953. The summed E-state index contributed by atoms with van der Waals surface area (Å²) >= 11 is 5.11. The summed E-state index contributed by atoms with van der Waals surface area (Å²) in [5.74, 6) is 0.246. The molecule has 0 aliphatic carbocycles. The lowest BCUT2D eigenvalue weighted by molar-refractivity contribution is -0.115. The number of methoxy groups -OCH3 is 1. The Hall–Kier alpha value is -2.75. The molecule has 7 nitrogen and oxygen atoms in total. The summed E-state index contributed by atoms with van der Waals surface area (Å²) in [6.07, 6.45) is 2.97. The first kappa shape index (κ1) is 21.5. The van der Waals surface area contributed by atoms with Crippen LogP contribution in [-0.4, -0.2) is 44.9 Å². The minimum Gasteiger partial charge on any atom is -0.496 e. The van der Waals surface area contributed by atoms with Crippen LogP contribution >= 0.6 is 12.2 Å². The summed E-state index contributed by atoms with van der Waals surface area (Å²) < 4.78 is 30.5. The standard InChI is InChI=1S/C19H21N3O4S2/c1-22(2)28(24,25)16-11-9-15(10-12-16)20-19(27)21-18(23)13-8-14-6-4-5-7-17(14)26-3/h4-13H,1-3H3,(H2,20,21,23,27)/b13-8+. The molecule has 0 spiro atoms. The third-order valence-electron chi connectivity index (χ3n) is 3.68. The number of thiocarbonyl (C=S) groups is 1. The second kappa shape index (κ2) is 9.45. The van der Waals surface area contributed by atoms with Crippen molar-refractivity contribution >= 4 is 45.0 Å². The third-order valence-corrected chi connectivity index (χ3v) is 5.71. The van der Waals surface area contributed by atoms with E-state index in [2.05, 4.69) is 10.6 Å². The fourth-order valence-electron chi connectivity index (χ4n) is 2.21. The summed E-state index contributed by atoms with van der Waals surface area (Å²) in [7, 11) is 0.985. The van der Waals surface area contributed by atoms with Crippen molar-refractivity contribution in [1.29, 1.82) is 0 Å². The predicted octanol–water partition coefficient (Wildman–Crippen LogP) is 2.47. The van der Waals surface area contributed by atoms with E-state index in [4.69, 9.17) is 17.0 Å². The highest BCUT2D eigenvalue weighted by Crippen LogP contribution is 2.18. The average Bonchev–Trinajstić information content (AvgIpc) is 2.66. The molecule has 0 aromatic heterocycles. The molecular formula is C19H21N3O4S2. The van der Waals surface area contributed by atoms with E-state index < -0.39 is 15.9 Å². The molecule has 0 heterocycles. The van der Waals surface area contributed by atoms with E-state index in [-0.39, 0.29) is 10.0 Å². The quantitative estimate of drug-likeness (QED) is 0.553. The molecule has 2 rings (SSSR count). The monoisotopic (exact) mass is 419 g/mol. The molecule has 9 heteroatoms. The van der Waals surface area contributed by atoms with Gasteiger partial charge in [0.25, 0.3) is 0 Å². The number of benzene rings is 2. The van der Waals surface area contributed by atoms with Crippen molar-refractivity contribution in [3.63, 3.8) is 0 Å². The lowest BCUT2D eigenvalue weighted by atomic mass is 10.2. The van der Waals surface area contributed by atoms with Crippen LogP contribution in [0.25, 0.3) is 6.08 Å². The van der Waals surface area contributed by atoms with E-state index in [1.165, 1.54) is 32.3 Å². The highest BCUT2D eigenvalue weighted by Gasteiger charge is 2.16. The molecule has 0 bridgehead atoms. The van der Waals surface area contributed by atoms with Crippen molar-refractivity contribution in [2.75, 3.05) is 26.5 Å². The third kappa shape index (κ3) is 5.62. The predicted molar refractivity (Wildman–Crippen MR) is 114 cm³/mol. The van der Waals surface area contributed by atoms with Crippen LogP contribution in [0, 0.1) is 0 Å². The maximum Gasteiger partial charge on any atom is 0.250 e. The first-order chi connectivity index (χ1) is 13.2. The van der Waals surface area contributed by atoms with Gasteiger partial charge < -0.3 is 10.1 Å². The van der Waals surface area contributed by atoms with Gasteiger partial charge in [0.2, 0.25) is 15.9 Å². The van der Waals surface area contributed by atoms with Gasteiger partial charge in [-0.05, 0) is 48.6 Å². The van der Waals surface area contributed by atoms with Crippen molar-refractivity contribution in [2.24, 2.45) is 0 Å². The molecule has 0 aliphatic rings. The molecule has 2 aromatic carbocycles. The highest BCUT2D eigenvalue weighted by atomic mass is 32.2. The molecule has 0 radical (unpaired) electrons. The first-order valence-corrected chi connectivity index (χ1v) is 10.0. The van der Waals surface area contributed by atoms with E-state index >= 15 is 0 Å². The van der Waals surface area contributed by atoms with Crippen molar-refractivity contribution in [2.45, 2.75) is 4.90 Å². The number of para-hydroxylation sites is 1. The van der Waals surface area contributed by atoms with Gasteiger partial charge in [-0.2, -0.15) is 0 Å². The zero-order valence-corrected chi connectivity index (χ0v) is 17.3. The van der Waals surface area contributed by atoms with E-state index in [1.54, 1.807) is 31.4 Å². The summed E-state index contributed by atoms with van der Waals surface area (Å²) in [5, 5.41) is 5.46. The maximum atomic E-state index is 12.1. The number of anilines is 1. The topological polar surface area (TPSA) is 87.7 Å². The Kier molecular flexibility index (Phi) is 7.27. The van der Waals surface area contributed by atoms with Crippen LogP contribution < -0.4 is 15.4 Å². The molecule has 0 saturated heterocycles. The molecule has 2 N–H and O–H groups in total. The van der Waals surface area contributed by atoms with Gasteiger partial charge in [0.15, 0.2) is 5.11 Å². The van der Waals surface area contributed by atoms with Crippen LogP contribution in [0.5, 0.6) is 5.75 Å². The Morgan fingerprint density at radius 1 is 1.11 bits per heavy atom. The summed E-state index contributed by atoms with van der Waals surface area (Å²) in [4.78, 5) is 12.2. The number of nitrogens with zero attached hydrogens (tertiary/aromatic N) is 1. The number of hydrogen-bond acceptors (Lipinski definition) is 5. The van der Waals surface area contributed by atoms with Gasteiger partial charge >= 0.3 is 0 Å². The van der Waals surface area contributed by atoms with Crippen molar-refractivity contribution < 1.29 is 17.9 Å². The molecule has 2 aromatic rings. The molecule has 148 valence electrons. The number of sulfonamides is 1. The van der Waals surface area contributed by atoms with E-state index in [0.29, 0.717) is 11.4 Å². The largest absolute Gasteiger partial charge is 0.496 e. The van der Waals surface area contributed by atoms with Gasteiger partial charge in [0.1, 0.15) is 5.75 Å². The Labute approximate surface area is 170 Å². The maximum absolute atomic E-state index is 12.1. The average molecular weight is 420 g/mol. The second-order valence-corrected chi connectivity index (χ2v) is 8.39. The van der Waals surface area contributed by atoms with Crippen molar-refractivity contribution in [1.82, 2.24) is 9.62 Å². The van der Waals surface area contributed by atoms with Gasteiger partial charge in [-0.15, -0.1) is 0 Å². The highest BCUT2D eigenvalue weighted by molar-refractivity contribution is 7.89. The Morgan fingerprint density at radius 3 is 2.36 bits per heavy atom. The van der Waals surface area contributed by atoms with Crippen LogP contribution in [0.2, 0.25) is 0 Å². The zero-order valence-electron chi connectivity index (χ0n) is 15.7. The smallest absolute Gasteiger partial charge is 0.250 e. The second-order valence-electron chi connectivity index (χ2n) is 5.83. The van der Waals surface area contributed by atoms with Crippen LogP contribution in [0.15, 0.2) is 59.5 Å². The van der Waals surface area contributed by atoms with E-state index in [1.807, 2.05) is 18.2 Å². The molecule has 0 unspecified atom stereocenters. The SMILES string of the molecule is COc1ccccc1/C=C/C(=O)NC(=S)Nc1ccc(S(=O)(=O)N(C)C)cc1. The summed E-state index contributed by atoms with van der Waals surface area (Å²) in [5.41, 5.74) is 1.31. The van der Waals surface area contributed by atoms with Gasteiger partial charge in [-0.1, -0.05) is 18.2 Å². The molecule has 0 saturated carbocycles. The molecular weight excluding hydrogens is 398 g/mol. The van der Waals surface area contributed by atoms with Crippen LogP contribution in [0.3, 0.4) is 0 Å². The summed E-state index contributed by atoms with van der Waals surface area (Å²) in [6.45, 7) is 0. The van der Waals surface area contributed by atoms with Gasteiger partial charge in [0, 0.05) is 31.4 Å². The van der Waals surface area contributed by atoms with Crippen LogP contribution in [-0.2, 0) is 14.8 Å². The summed E-state index contributed by atoms with van der Waals surface area (Å²) in [6, 6.07) is 13.4. The lowest BCUT2D eigenvalue weighted by Gasteiger charge is -2.12. The van der Waals surface area contributed by atoms with Gasteiger partial charge in [0.05, 0.1) is 12.0 Å². The number of carbonyl (C=O) groups excluding carboxylic acids is 1. The number of amides is 1. The van der Waals surface area contributed by atoms with Crippen LogP contribution in [0.1, 0.15) is 5.56 Å². The fourth-order valence-corrected chi connectivity index (χ4v) is 3.33. The Morgan fingerprint density at radius 2 is 1.75 bits per heavy atom. The minimum atomic E-state index is -3.50. The number of hydrogen-bond donors (Lipinski definition) is 2. The van der Waals surface area contributed by atoms with Crippen molar-refractivity contribution in [3.8, 4) is 5.75 Å².